The molecule has 1 aromatic heterocycles. The molecule has 364 valence electrons. The van der Waals surface area contributed by atoms with E-state index in [4.69, 9.17) is 14.6 Å². The SMILES string of the molecule is CCCCCCCCCCNc1ccc(OCCCCCCCCCC(F)F)cc1.CCCCCCCCCCOc1ccc(S(=O)(=O)N2CCCCC2)cc1.O=C(O)c1ccoc1. The number of benzene rings is 2. The largest absolute Gasteiger partial charge is 0.494 e. The molecular weight excluding hydrogens is 835 g/mol. The monoisotopic (exact) mass is 919 g/mol. The maximum atomic E-state index is 12.6. The lowest BCUT2D eigenvalue weighted by molar-refractivity contribution is 0.0696. The summed E-state index contributed by atoms with van der Waals surface area (Å²) in [6.07, 6.45) is 31.6. The van der Waals surface area contributed by atoms with Crippen molar-refractivity contribution in [2.75, 3.05) is 38.2 Å². The van der Waals surface area contributed by atoms with E-state index in [0.717, 1.165) is 88.1 Å². The molecule has 1 aliphatic heterocycles. The summed E-state index contributed by atoms with van der Waals surface area (Å²) in [4.78, 5) is 10.4. The fourth-order valence-corrected chi connectivity index (χ4v) is 8.93. The van der Waals surface area contributed by atoms with Crippen molar-refractivity contribution < 1.29 is 41.0 Å². The Morgan fingerprint density at radius 1 is 0.641 bits per heavy atom. The average Bonchev–Trinajstić information content (AvgIpc) is 3.86. The predicted octanol–water partition coefficient (Wildman–Crippen LogP) is 15.4. The summed E-state index contributed by atoms with van der Waals surface area (Å²) in [5.74, 6) is 0.726. The van der Waals surface area contributed by atoms with Crippen LogP contribution in [0.4, 0.5) is 14.5 Å². The molecule has 1 aliphatic rings. The number of hydrogen-bond acceptors (Lipinski definition) is 7. The van der Waals surface area contributed by atoms with Gasteiger partial charge in [-0.1, -0.05) is 142 Å². The van der Waals surface area contributed by atoms with Crippen molar-refractivity contribution in [2.24, 2.45) is 0 Å². The van der Waals surface area contributed by atoms with Crippen LogP contribution in [0.5, 0.6) is 11.5 Å². The number of hydrogen-bond donors (Lipinski definition) is 2. The maximum Gasteiger partial charge on any atom is 0.338 e. The lowest BCUT2D eigenvalue weighted by Crippen LogP contribution is -2.35. The molecule has 3 aromatic rings. The molecule has 12 heteroatoms. The number of nitrogens with zero attached hydrogens (tertiary/aromatic N) is 1. The molecule has 0 amide bonds. The summed E-state index contributed by atoms with van der Waals surface area (Å²) in [6.45, 7) is 8.27. The van der Waals surface area contributed by atoms with Crippen LogP contribution in [0.1, 0.15) is 198 Å². The van der Waals surface area contributed by atoms with Gasteiger partial charge in [0.05, 0.1) is 29.9 Å². The van der Waals surface area contributed by atoms with Crippen molar-refractivity contribution in [3.63, 3.8) is 0 Å². The van der Waals surface area contributed by atoms with E-state index in [0.29, 0.717) is 31.0 Å². The van der Waals surface area contributed by atoms with Crippen LogP contribution in [0.2, 0.25) is 0 Å². The number of alkyl halides is 2. The van der Waals surface area contributed by atoms with E-state index in [1.165, 1.54) is 121 Å². The smallest absolute Gasteiger partial charge is 0.338 e. The quantitative estimate of drug-likeness (QED) is 0.0569. The van der Waals surface area contributed by atoms with Gasteiger partial charge < -0.3 is 24.3 Å². The van der Waals surface area contributed by atoms with Gasteiger partial charge in [0.25, 0.3) is 0 Å². The second-order valence-corrected chi connectivity index (χ2v) is 18.9. The van der Waals surface area contributed by atoms with Gasteiger partial charge in [-0.25, -0.2) is 22.0 Å². The van der Waals surface area contributed by atoms with Crippen molar-refractivity contribution in [1.82, 2.24) is 4.31 Å². The number of rotatable bonds is 34. The first-order valence-electron chi connectivity index (χ1n) is 24.9. The van der Waals surface area contributed by atoms with Gasteiger partial charge in [0, 0.05) is 31.7 Å². The molecule has 2 heterocycles. The van der Waals surface area contributed by atoms with Crippen LogP contribution in [0.3, 0.4) is 0 Å². The fourth-order valence-electron chi connectivity index (χ4n) is 7.41. The number of carboxylic acids is 1. The lowest BCUT2D eigenvalue weighted by Gasteiger charge is -2.25. The van der Waals surface area contributed by atoms with Crippen LogP contribution in [-0.2, 0) is 10.0 Å². The third-order valence-electron chi connectivity index (χ3n) is 11.4. The Labute approximate surface area is 386 Å². The van der Waals surface area contributed by atoms with Crippen LogP contribution in [0.25, 0.3) is 0 Å². The van der Waals surface area contributed by atoms with Gasteiger partial charge >= 0.3 is 5.97 Å². The van der Waals surface area contributed by atoms with Gasteiger partial charge in [-0.2, -0.15) is 4.31 Å². The molecule has 1 fully saturated rings. The summed E-state index contributed by atoms with van der Waals surface area (Å²) in [5.41, 5.74) is 1.35. The number of ether oxygens (including phenoxy) is 2. The first-order chi connectivity index (χ1) is 31.2. The number of carboxylic acid groups (broad SMARTS) is 1. The molecule has 0 saturated carbocycles. The highest BCUT2D eigenvalue weighted by molar-refractivity contribution is 7.89. The van der Waals surface area contributed by atoms with Gasteiger partial charge in [0.2, 0.25) is 16.4 Å². The van der Waals surface area contributed by atoms with Crippen molar-refractivity contribution in [3.05, 3.63) is 72.7 Å². The highest BCUT2D eigenvalue weighted by Crippen LogP contribution is 2.23. The highest BCUT2D eigenvalue weighted by Gasteiger charge is 2.25. The van der Waals surface area contributed by atoms with E-state index in [-0.39, 0.29) is 12.0 Å². The zero-order valence-electron chi connectivity index (χ0n) is 39.6. The van der Waals surface area contributed by atoms with E-state index >= 15 is 0 Å². The normalized spacial score (nSPS) is 12.8. The molecule has 9 nitrogen and oxygen atoms in total. The Kier molecular flexibility index (Phi) is 33.2. The first kappa shape index (κ1) is 56.5. The van der Waals surface area contributed by atoms with Gasteiger partial charge in [-0.05, 0) is 93.1 Å². The van der Waals surface area contributed by atoms with E-state index in [1.807, 2.05) is 12.1 Å². The fraction of sp³-hybridized carbons (Fsp3) is 0.673. The van der Waals surface area contributed by atoms with E-state index in [9.17, 15) is 22.0 Å². The summed E-state index contributed by atoms with van der Waals surface area (Å²) >= 11 is 0. The van der Waals surface area contributed by atoms with Crippen LogP contribution < -0.4 is 14.8 Å². The standard InChI is InChI=1S/C26H45F2NO.C21H35NO3S.C5H4O3/c1-2-3-4-5-6-9-12-15-22-29-24-18-20-25(21-19-24)30-23-16-13-10-7-8-11-14-17-26(27)28;1-2-3-4-5-6-7-8-12-19-25-20-13-15-21(16-14-20)26(23,24)22-17-10-9-11-18-22;6-5(7)4-1-2-8-3-4/h18-21,26,29H,2-17,22-23H2,1H3;13-16H,2-12,17-19H2,1H3;1-3H,(H,6,7). The van der Waals surface area contributed by atoms with Gasteiger partial charge in [-0.3, -0.25) is 0 Å². The molecule has 0 spiro atoms. The molecule has 64 heavy (non-hydrogen) atoms. The minimum Gasteiger partial charge on any atom is -0.494 e. The van der Waals surface area contributed by atoms with Crippen molar-refractivity contribution in [3.8, 4) is 11.5 Å². The zero-order chi connectivity index (χ0) is 46.4. The maximum absolute atomic E-state index is 12.6. The third kappa shape index (κ3) is 28.3. The highest BCUT2D eigenvalue weighted by atomic mass is 32.2. The van der Waals surface area contributed by atoms with Crippen LogP contribution in [0, 0.1) is 0 Å². The minimum atomic E-state index is -3.34. The Morgan fingerprint density at radius 2 is 1.09 bits per heavy atom. The third-order valence-corrected chi connectivity index (χ3v) is 13.3. The molecule has 0 atom stereocenters. The number of anilines is 1. The summed E-state index contributed by atoms with van der Waals surface area (Å²) < 4.78 is 67.0. The summed E-state index contributed by atoms with van der Waals surface area (Å²) in [5, 5.41) is 11.7. The summed E-state index contributed by atoms with van der Waals surface area (Å²) in [6, 6.07) is 16.6. The topological polar surface area (TPSA) is 118 Å². The Balaban J connectivity index is 0.000000376. The second-order valence-electron chi connectivity index (χ2n) is 17.0. The second kappa shape index (κ2) is 37.6. The first-order valence-corrected chi connectivity index (χ1v) is 26.3. The van der Waals surface area contributed by atoms with E-state index in [2.05, 4.69) is 35.7 Å². The molecular formula is C52H84F2N2O7S. The number of halogens is 2. The van der Waals surface area contributed by atoms with Crippen molar-refractivity contribution >= 4 is 21.7 Å². The van der Waals surface area contributed by atoms with Gasteiger partial charge in [-0.15, -0.1) is 0 Å². The zero-order valence-corrected chi connectivity index (χ0v) is 40.4. The molecule has 0 bridgehead atoms. The number of piperidine rings is 1. The average molecular weight is 919 g/mol. The number of sulfonamides is 1. The van der Waals surface area contributed by atoms with Crippen LogP contribution in [-0.4, -0.2) is 63.1 Å². The minimum absolute atomic E-state index is 0.0569. The Morgan fingerprint density at radius 3 is 1.53 bits per heavy atom. The Hall–Kier alpha value is -3.64. The molecule has 0 aliphatic carbocycles. The number of aromatic carboxylic acids is 1. The molecule has 4 rings (SSSR count). The van der Waals surface area contributed by atoms with Gasteiger partial charge in [0.15, 0.2) is 0 Å². The molecule has 0 unspecified atom stereocenters. The Bertz CT molecular complexity index is 1620. The number of unbranched alkanes of at least 4 members (excludes halogenated alkanes) is 20. The van der Waals surface area contributed by atoms with Gasteiger partial charge in [0.1, 0.15) is 17.8 Å². The number of carbonyl (C=O) groups is 1. The van der Waals surface area contributed by atoms with Crippen molar-refractivity contribution in [1.29, 1.82) is 0 Å². The van der Waals surface area contributed by atoms with Crippen molar-refractivity contribution in [2.45, 2.75) is 199 Å². The molecule has 2 aromatic carbocycles. The van der Waals surface area contributed by atoms with E-state index < -0.39 is 22.4 Å². The predicted molar refractivity (Wildman–Crippen MR) is 259 cm³/mol. The van der Waals surface area contributed by atoms with Crippen LogP contribution >= 0.6 is 0 Å². The molecule has 2 N–H and O–H groups in total. The summed E-state index contributed by atoms with van der Waals surface area (Å²) in [7, 11) is -3.34. The molecule has 1 saturated heterocycles. The van der Waals surface area contributed by atoms with E-state index in [1.54, 1.807) is 28.6 Å². The molecule has 0 radical (unpaired) electrons. The lowest BCUT2D eigenvalue weighted by atomic mass is 10.1. The number of nitrogens with one attached hydrogen (secondary N) is 1. The van der Waals surface area contributed by atoms with Crippen LogP contribution in [0.15, 0.2) is 76.4 Å². The number of furan rings is 1.